The van der Waals surface area contributed by atoms with Crippen LogP contribution in [-0.4, -0.2) is 21.9 Å². The summed E-state index contributed by atoms with van der Waals surface area (Å²) in [7, 11) is 0. The minimum Gasteiger partial charge on any atom is -0.393 e. The molecule has 1 unspecified atom stereocenters. The van der Waals surface area contributed by atoms with Gasteiger partial charge < -0.3 is 10.2 Å². The fraction of sp³-hybridized carbons (Fsp3) is 0.926. The van der Waals surface area contributed by atoms with Crippen LogP contribution in [0.4, 0.5) is 0 Å². The molecular formula is C27H46O2. The van der Waals surface area contributed by atoms with E-state index in [0.717, 1.165) is 30.6 Å². The van der Waals surface area contributed by atoms with Crippen molar-refractivity contribution >= 4 is 0 Å². The van der Waals surface area contributed by atoms with Gasteiger partial charge in [-0.25, -0.2) is 0 Å². The molecule has 4 rings (SSSR count). The molecule has 0 aliphatic heterocycles. The Kier molecular flexibility index (Phi) is 5.78. The van der Waals surface area contributed by atoms with Crippen molar-refractivity contribution in [3.8, 4) is 0 Å². The maximum absolute atomic E-state index is 11.6. The van der Waals surface area contributed by atoms with Gasteiger partial charge in [0.1, 0.15) is 0 Å². The third-order valence-corrected chi connectivity index (χ3v) is 10.5. The smallest absolute Gasteiger partial charge is 0.0654 e. The number of fused-ring (bicyclic) bond motifs is 5. The van der Waals surface area contributed by atoms with Crippen molar-refractivity contribution in [3.63, 3.8) is 0 Å². The molecular weight excluding hydrogens is 356 g/mol. The Balaban J connectivity index is 1.52. The molecule has 0 aromatic rings. The lowest BCUT2D eigenvalue weighted by molar-refractivity contribution is -0.110. The van der Waals surface area contributed by atoms with E-state index >= 15 is 0 Å². The zero-order valence-corrected chi connectivity index (χ0v) is 19.7. The summed E-state index contributed by atoms with van der Waals surface area (Å²) in [5.41, 5.74) is 1.88. The van der Waals surface area contributed by atoms with Crippen LogP contribution in [0.3, 0.4) is 0 Å². The molecule has 3 fully saturated rings. The monoisotopic (exact) mass is 402 g/mol. The lowest BCUT2D eigenvalue weighted by atomic mass is 9.46. The molecule has 2 heteroatoms. The molecule has 4 aliphatic carbocycles. The van der Waals surface area contributed by atoms with Gasteiger partial charge in [-0.15, -0.1) is 0 Å². The first kappa shape index (κ1) is 21.9. The number of rotatable bonds is 5. The molecule has 29 heavy (non-hydrogen) atoms. The minimum absolute atomic E-state index is 0.272. The summed E-state index contributed by atoms with van der Waals surface area (Å²) >= 11 is 0. The molecule has 0 heterocycles. The van der Waals surface area contributed by atoms with Crippen LogP contribution in [0.15, 0.2) is 11.6 Å². The predicted octanol–water partition coefficient (Wildman–Crippen LogP) is 6.50. The van der Waals surface area contributed by atoms with Gasteiger partial charge in [0.05, 0.1) is 11.7 Å². The maximum Gasteiger partial charge on any atom is 0.0654 e. The van der Waals surface area contributed by atoms with Gasteiger partial charge in [-0.1, -0.05) is 39.3 Å². The van der Waals surface area contributed by atoms with Gasteiger partial charge in [-0.3, -0.25) is 0 Å². The molecule has 8 atom stereocenters. The molecule has 0 aromatic heterocycles. The van der Waals surface area contributed by atoms with Crippen LogP contribution < -0.4 is 0 Å². The van der Waals surface area contributed by atoms with E-state index in [1.54, 1.807) is 5.57 Å². The lowest BCUT2D eigenvalue weighted by Gasteiger charge is -2.59. The highest BCUT2D eigenvalue weighted by Crippen LogP contribution is 2.68. The number of hydrogen-bond donors (Lipinski definition) is 2. The van der Waals surface area contributed by atoms with Crippen molar-refractivity contribution in [2.75, 3.05) is 0 Å². The molecule has 0 bridgehead atoms. The Bertz CT molecular complexity index is 634. The Morgan fingerprint density at radius 3 is 2.59 bits per heavy atom. The van der Waals surface area contributed by atoms with Crippen molar-refractivity contribution in [3.05, 3.63) is 11.6 Å². The van der Waals surface area contributed by atoms with Crippen molar-refractivity contribution < 1.29 is 10.2 Å². The second-order valence-electron chi connectivity index (χ2n) is 12.3. The largest absolute Gasteiger partial charge is 0.393 e. The standard InChI is InChI=1S/C27H46O2/c1-18(2)23(28)14-17-27(5,29)24-12-11-21-20-10-9-19-8-6-7-15-25(19,3)22(20)13-16-26(21,24)4/h8,18,20-24,28-29H,6-7,9-17H2,1-5H3/t20-,21-,22-,23?,24-,25-,26-,27-/m0/s1. The van der Waals surface area contributed by atoms with Crippen LogP contribution in [0.1, 0.15) is 105 Å². The van der Waals surface area contributed by atoms with Crippen molar-refractivity contribution in [1.29, 1.82) is 0 Å². The van der Waals surface area contributed by atoms with E-state index < -0.39 is 5.60 Å². The third kappa shape index (κ3) is 3.55. The number of hydrogen-bond acceptors (Lipinski definition) is 2. The second-order valence-corrected chi connectivity index (χ2v) is 12.3. The molecule has 0 saturated heterocycles. The second kappa shape index (κ2) is 7.66. The summed E-state index contributed by atoms with van der Waals surface area (Å²) in [6.45, 7) is 11.3. The fourth-order valence-electron chi connectivity index (χ4n) is 8.72. The third-order valence-electron chi connectivity index (χ3n) is 10.5. The van der Waals surface area contributed by atoms with Crippen LogP contribution in [0.2, 0.25) is 0 Å². The van der Waals surface area contributed by atoms with Crippen LogP contribution in [0.5, 0.6) is 0 Å². The van der Waals surface area contributed by atoms with Gasteiger partial charge in [0.25, 0.3) is 0 Å². The lowest BCUT2D eigenvalue weighted by Crippen LogP contribution is -2.53. The van der Waals surface area contributed by atoms with Gasteiger partial charge in [0.15, 0.2) is 0 Å². The van der Waals surface area contributed by atoms with Gasteiger partial charge in [0.2, 0.25) is 0 Å². The van der Waals surface area contributed by atoms with Gasteiger partial charge in [-0.2, -0.15) is 0 Å². The van der Waals surface area contributed by atoms with E-state index in [1.807, 2.05) is 0 Å². The van der Waals surface area contributed by atoms with E-state index in [2.05, 4.69) is 40.7 Å². The summed E-state index contributed by atoms with van der Waals surface area (Å²) < 4.78 is 0. The van der Waals surface area contributed by atoms with Crippen LogP contribution in [-0.2, 0) is 0 Å². The molecule has 0 amide bonds. The topological polar surface area (TPSA) is 40.5 Å². The summed E-state index contributed by atoms with van der Waals surface area (Å²) in [4.78, 5) is 0. The average molecular weight is 403 g/mol. The van der Waals surface area contributed by atoms with Crippen LogP contribution in [0.25, 0.3) is 0 Å². The minimum atomic E-state index is -0.652. The first-order valence-electron chi connectivity index (χ1n) is 12.7. The Labute approximate surface area is 179 Å². The SMILES string of the molecule is CC(C)C(O)CC[C@](C)(O)[C@H]1CC[C@H]2[C@@H]3CCC4=CCCC[C@]4(C)[C@H]3CC[C@@]21C. The zero-order valence-electron chi connectivity index (χ0n) is 19.7. The quantitative estimate of drug-likeness (QED) is 0.515. The maximum atomic E-state index is 11.6. The Morgan fingerprint density at radius 2 is 1.86 bits per heavy atom. The zero-order chi connectivity index (χ0) is 21.0. The highest BCUT2D eigenvalue weighted by Gasteiger charge is 2.61. The number of aliphatic hydroxyl groups excluding tert-OH is 1. The normalized spacial score (nSPS) is 45.0. The Hall–Kier alpha value is -0.340. The predicted molar refractivity (Wildman–Crippen MR) is 121 cm³/mol. The van der Waals surface area contributed by atoms with E-state index in [0.29, 0.717) is 11.3 Å². The first-order chi connectivity index (χ1) is 13.6. The molecule has 0 radical (unpaired) electrons. The molecule has 0 aromatic carbocycles. The first-order valence-corrected chi connectivity index (χ1v) is 12.7. The van der Waals surface area contributed by atoms with Gasteiger partial charge in [0, 0.05) is 0 Å². The molecule has 2 nitrogen and oxygen atoms in total. The number of aliphatic hydroxyl groups is 2. The van der Waals surface area contributed by atoms with Crippen LogP contribution >= 0.6 is 0 Å². The molecule has 2 N–H and O–H groups in total. The van der Waals surface area contributed by atoms with E-state index in [-0.39, 0.29) is 17.4 Å². The molecule has 4 aliphatic rings. The summed E-state index contributed by atoms with van der Waals surface area (Å²) in [5.74, 6) is 3.17. The highest BCUT2D eigenvalue weighted by molar-refractivity contribution is 5.24. The average Bonchev–Trinajstić information content (AvgIpc) is 3.03. The van der Waals surface area contributed by atoms with Gasteiger partial charge in [-0.05, 0) is 118 Å². The molecule has 166 valence electrons. The van der Waals surface area contributed by atoms with Crippen LogP contribution in [0, 0.1) is 40.4 Å². The summed E-state index contributed by atoms with van der Waals surface area (Å²) in [6.07, 6.45) is 15.7. The van der Waals surface area contributed by atoms with Crippen molar-refractivity contribution in [1.82, 2.24) is 0 Å². The van der Waals surface area contributed by atoms with E-state index in [9.17, 15) is 10.2 Å². The Morgan fingerprint density at radius 1 is 1.10 bits per heavy atom. The van der Waals surface area contributed by atoms with E-state index in [1.165, 1.54) is 57.8 Å². The molecule has 0 spiro atoms. The van der Waals surface area contributed by atoms with E-state index in [4.69, 9.17) is 0 Å². The molecule has 3 saturated carbocycles. The summed E-state index contributed by atoms with van der Waals surface area (Å²) in [6, 6.07) is 0. The fourth-order valence-corrected chi connectivity index (χ4v) is 8.72. The summed E-state index contributed by atoms with van der Waals surface area (Å²) in [5, 5.41) is 21.9. The number of allylic oxidation sites excluding steroid dienone is 2. The van der Waals surface area contributed by atoms with Crippen molar-refractivity contribution in [2.45, 2.75) is 117 Å². The van der Waals surface area contributed by atoms with Crippen molar-refractivity contribution in [2.24, 2.45) is 40.4 Å². The van der Waals surface area contributed by atoms with Gasteiger partial charge >= 0.3 is 0 Å². The highest BCUT2D eigenvalue weighted by atomic mass is 16.3.